The van der Waals surface area contributed by atoms with Crippen molar-refractivity contribution in [3.63, 3.8) is 0 Å². The van der Waals surface area contributed by atoms with Gasteiger partial charge in [-0.25, -0.2) is 0 Å². The van der Waals surface area contributed by atoms with E-state index in [0.29, 0.717) is 11.8 Å². The first kappa shape index (κ1) is 9.18. The highest BCUT2D eigenvalue weighted by molar-refractivity contribution is 9.10. The summed E-state index contributed by atoms with van der Waals surface area (Å²) in [6.07, 6.45) is 0.205. The molecule has 0 aromatic carbocycles. The molecular formula is C6H7BrN2O3. The minimum Gasteiger partial charge on any atom is -0.480 e. The molecule has 0 fully saturated rings. The second kappa shape index (κ2) is 3.66. The lowest BCUT2D eigenvalue weighted by molar-refractivity contribution is -0.136. The molecule has 12 heavy (non-hydrogen) atoms. The normalized spacial score (nSPS) is 12.8. The number of alkyl halides is 1. The highest BCUT2D eigenvalue weighted by atomic mass is 79.9. The molecule has 0 bridgehead atoms. The van der Waals surface area contributed by atoms with Crippen LogP contribution < -0.4 is 0 Å². The smallest absolute Gasteiger partial charge is 0.317 e. The number of carboxylic acids is 1. The Kier molecular flexibility index (Phi) is 2.80. The summed E-state index contributed by atoms with van der Waals surface area (Å²) in [6.45, 7) is 1.65. The fourth-order valence-electron chi connectivity index (χ4n) is 0.661. The van der Waals surface area contributed by atoms with Crippen LogP contribution in [0.4, 0.5) is 0 Å². The van der Waals surface area contributed by atoms with E-state index in [1.165, 1.54) is 0 Å². The van der Waals surface area contributed by atoms with E-state index in [9.17, 15) is 4.79 Å². The summed E-state index contributed by atoms with van der Waals surface area (Å²) in [7, 11) is 0. The molecule has 0 saturated carbocycles. The van der Waals surface area contributed by atoms with E-state index in [2.05, 4.69) is 26.1 Å². The van der Waals surface area contributed by atoms with Crippen molar-refractivity contribution in [1.82, 2.24) is 10.2 Å². The number of halogens is 1. The van der Waals surface area contributed by atoms with Crippen LogP contribution in [0.5, 0.6) is 0 Å². The molecule has 66 valence electrons. The second-order valence-electron chi connectivity index (χ2n) is 2.22. The molecule has 1 aromatic heterocycles. The Morgan fingerprint density at radius 2 is 2.42 bits per heavy atom. The Labute approximate surface area is 76.9 Å². The van der Waals surface area contributed by atoms with Crippen LogP contribution >= 0.6 is 15.9 Å². The van der Waals surface area contributed by atoms with E-state index < -0.39 is 10.8 Å². The summed E-state index contributed by atoms with van der Waals surface area (Å²) in [5.41, 5.74) is 0. The first-order valence-corrected chi connectivity index (χ1v) is 4.17. The van der Waals surface area contributed by atoms with Crippen LogP contribution in [0.25, 0.3) is 0 Å². The largest absolute Gasteiger partial charge is 0.480 e. The molecule has 6 heteroatoms. The van der Waals surface area contributed by atoms with Crippen molar-refractivity contribution in [2.24, 2.45) is 0 Å². The van der Waals surface area contributed by atoms with Gasteiger partial charge >= 0.3 is 5.97 Å². The minimum absolute atomic E-state index is 0.205. The van der Waals surface area contributed by atoms with E-state index in [-0.39, 0.29) is 6.42 Å². The van der Waals surface area contributed by atoms with Gasteiger partial charge in [0.1, 0.15) is 4.83 Å². The van der Waals surface area contributed by atoms with Crippen LogP contribution in [-0.4, -0.2) is 26.1 Å². The fourth-order valence-corrected chi connectivity index (χ4v) is 0.938. The van der Waals surface area contributed by atoms with E-state index >= 15 is 0 Å². The molecule has 0 aliphatic carbocycles. The van der Waals surface area contributed by atoms with Crippen molar-refractivity contribution in [3.8, 4) is 0 Å². The number of rotatable bonds is 3. The highest BCUT2D eigenvalue weighted by Crippen LogP contribution is 2.08. The molecule has 5 nitrogen and oxygen atoms in total. The molecule has 1 N–H and O–H groups in total. The van der Waals surface area contributed by atoms with Gasteiger partial charge in [0.15, 0.2) is 0 Å². The third kappa shape index (κ3) is 2.30. The summed E-state index contributed by atoms with van der Waals surface area (Å²) >= 11 is 2.96. The third-order valence-corrected chi connectivity index (χ3v) is 1.91. The van der Waals surface area contributed by atoms with Gasteiger partial charge in [-0.05, 0) is 0 Å². The lowest BCUT2D eigenvalue weighted by atomic mass is 10.3. The van der Waals surface area contributed by atoms with Gasteiger partial charge in [0, 0.05) is 13.3 Å². The van der Waals surface area contributed by atoms with Gasteiger partial charge in [-0.1, -0.05) is 15.9 Å². The number of carboxylic acid groups (broad SMARTS) is 1. The molecule has 1 heterocycles. The lowest BCUT2D eigenvalue weighted by Gasteiger charge is -1.97. The van der Waals surface area contributed by atoms with Crippen LogP contribution in [0.1, 0.15) is 11.8 Å². The number of hydrogen-bond acceptors (Lipinski definition) is 4. The molecule has 0 aliphatic rings. The molecule has 0 aliphatic heterocycles. The quantitative estimate of drug-likeness (QED) is 0.783. The Morgan fingerprint density at radius 3 is 2.83 bits per heavy atom. The number of aryl methyl sites for hydroxylation is 1. The summed E-state index contributed by atoms with van der Waals surface area (Å²) < 4.78 is 4.99. The van der Waals surface area contributed by atoms with E-state index in [4.69, 9.17) is 9.52 Å². The zero-order valence-corrected chi connectivity index (χ0v) is 7.91. The Morgan fingerprint density at radius 1 is 1.75 bits per heavy atom. The Balaban J connectivity index is 2.58. The maximum Gasteiger partial charge on any atom is 0.317 e. The van der Waals surface area contributed by atoms with Gasteiger partial charge in [0.25, 0.3) is 0 Å². The summed E-state index contributed by atoms with van der Waals surface area (Å²) in [5, 5.41) is 15.7. The van der Waals surface area contributed by atoms with Gasteiger partial charge in [-0.15, -0.1) is 10.2 Å². The van der Waals surface area contributed by atoms with Gasteiger partial charge in [-0.2, -0.15) is 0 Å². The summed E-state index contributed by atoms with van der Waals surface area (Å²) in [5.74, 6) is -0.169. The Bertz CT molecular complexity index is 286. The number of nitrogens with zero attached hydrogens (tertiary/aromatic N) is 2. The van der Waals surface area contributed by atoms with Gasteiger partial charge in [0.05, 0.1) is 0 Å². The zero-order valence-electron chi connectivity index (χ0n) is 6.32. The average molecular weight is 235 g/mol. The molecule has 1 rings (SSSR count). The molecular weight excluding hydrogens is 228 g/mol. The minimum atomic E-state index is -0.939. The molecule has 1 atom stereocenters. The molecule has 1 aromatic rings. The van der Waals surface area contributed by atoms with Gasteiger partial charge in [-0.3, -0.25) is 4.79 Å². The molecule has 0 spiro atoms. The predicted octanol–water partition coefficient (Wildman–Crippen LogP) is 0.769. The van der Waals surface area contributed by atoms with Crippen molar-refractivity contribution in [3.05, 3.63) is 11.8 Å². The monoisotopic (exact) mass is 234 g/mol. The van der Waals surface area contributed by atoms with Crippen LogP contribution in [-0.2, 0) is 11.2 Å². The van der Waals surface area contributed by atoms with E-state index in [0.717, 1.165) is 0 Å². The topological polar surface area (TPSA) is 76.2 Å². The molecule has 0 amide bonds. The average Bonchev–Trinajstić information content (AvgIpc) is 2.35. The van der Waals surface area contributed by atoms with Gasteiger partial charge in [0.2, 0.25) is 11.8 Å². The van der Waals surface area contributed by atoms with Crippen LogP contribution in [0, 0.1) is 6.92 Å². The SMILES string of the molecule is Cc1nnc(CC(Br)C(=O)O)o1. The number of carbonyl (C=O) groups is 1. The van der Waals surface area contributed by atoms with Crippen molar-refractivity contribution in [2.45, 2.75) is 18.2 Å². The van der Waals surface area contributed by atoms with Crippen molar-refractivity contribution >= 4 is 21.9 Å². The Hall–Kier alpha value is -0.910. The predicted molar refractivity (Wildman–Crippen MR) is 43.1 cm³/mol. The molecule has 1 unspecified atom stereocenters. The van der Waals surface area contributed by atoms with Crippen molar-refractivity contribution in [2.75, 3.05) is 0 Å². The molecule has 0 saturated heterocycles. The third-order valence-electron chi connectivity index (χ3n) is 1.19. The molecule has 0 radical (unpaired) electrons. The fraction of sp³-hybridized carbons (Fsp3) is 0.500. The van der Waals surface area contributed by atoms with E-state index in [1.54, 1.807) is 6.92 Å². The van der Waals surface area contributed by atoms with Crippen LogP contribution in [0.3, 0.4) is 0 Å². The number of aliphatic carboxylic acids is 1. The standard InChI is InChI=1S/C6H7BrN2O3/c1-3-8-9-5(12-3)2-4(7)6(10)11/h4H,2H2,1H3,(H,10,11). The maximum absolute atomic E-state index is 10.4. The van der Waals surface area contributed by atoms with Crippen molar-refractivity contribution < 1.29 is 14.3 Å². The first-order valence-electron chi connectivity index (χ1n) is 3.25. The van der Waals surface area contributed by atoms with Gasteiger partial charge < -0.3 is 9.52 Å². The van der Waals surface area contributed by atoms with Crippen LogP contribution in [0.2, 0.25) is 0 Å². The van der Waals surface area contributed by atoms with Crippen molar-refractivity contribution in [1.29, 1.82) is 0 Å². The lowest BCUT2D eigenvalue weighted by Crippen LogP contribution is -2.15. The highest BCUT2D eigenvalue weighted by Gasteiger charge is 2.16. The summed E-state index contributed by atoms with van der Waals surface area (Å²) in [6, 6.07) is 0. The number of hydrogen-bond donors (Lipinski definition) is 1. The second-order valence-corrected chi connectivity index (χ2v) is 3.33. The van der Waals surface area contributed by atoms with Crippen LogP contribution in [0.15, 0.2) is 4.42 Å². The maximum atomic E-state index is 10.4. The zero-order chi connectivity index (χ0) is 9.14. The number of aromatic nitrogens is 2. The first-order chi connectivity index (χ1) is 5.59. The van der Waals surface area contributed by atoms with E-state index in [1.807, 2.05) is 0 Å². The summed E-state index contributed by atoms with van der Waals surface area (Å²) in [4.78, 5) is 9.70.